The van der Waals surface area contributed by atoms with Crippen LogP contribution in [0.1, 0.15) is 33.1 Å². The van der Waals surface area contributed by atoms with Crippen molar-refractivity contribution >= 4 is 5.97 Å². The van der Waals surface area contributed by atoms with Crippen LogP contribution in [0, 0.1) is 23.2 Å². The molecule has 1 saturated carbocycles. The molecule has 0 spiro atoms. The van der Waals surface area contributed by atoms with Crippen molar-refractivity contribution in [3.8, 4) is 0 Å². The molecule has 15 heavy (non-hydrogen) atoms. The lowest BCUT2D eigenvalue weighted by Crippen LogP contribution is -2.53. The largest absolute Gasteiger partial charge is 0.481 e. The fourth-order valence-corrected chi connectivity index (χ4v) is 3.62. The van der Waals surface area contributed by atoms with E-state index in [-0.39, 0.29) is 0 Å². The Morgan fingerprint density at radius 3 is 2.27 bits per heavy atom. The minimum Gasteiger partial charge on any atom is -0.481 e. The molecule has 3 heteroatoms. The second-order valence-corrected chi connectivity index (χ2v) is 5.66. The van der Waals surface area contributed by atoms with Crippen LogP contribution < -0.4 is 5.32 Å². The van der Waals surface area contributed by atoms with Crippen LogP contribution in [0.4, 0.5) is 0 Å². The molecule has 0 aromatic heterocycles. The molecule has 2 rings (SSSR count). The molecule has 0 radical (unpaired) electrons. The van der Waals surface area contributed by atoms with E-state index in [0.717, 1.165) is 13.1 Å². The van der Waals surface area contributed by atoms with E-state index in [1.807, 2.05) is 13.8 Å². The summed E-state index contributed by atoms with van der Waals surface area (Å²) in [7, 11) is 0. The van der Waals surface area contributed by atoms with E-state index < -0.39 is 11.4 Å². The van der Waals surface area contributed by atoms with Gasteiger partial charge in [0.1, 0.15) is 0 Å². The fourth-order valence-electron chi connectivity index (χ4n) is 3.62. The predicted octanol–water partition coefficient (Wildman–Crippen LogP) is 1.73. The molecule has 1 aliphatic carbocycles. The third-order valence-corrected chi connectivity index (χ3v) is 4.36. The number of aliphatic carboxylic acids is 1. The minimum atomic E-state index is -0.633. The van der Waals surface area contributed by atoms with Gasteiger partial charge < -0.3 is 10.4 Å². The lowest BCUT2D eigenvalue weighted by atomic mass is 9.59. The number of hydrogen-bond donors (Lipinski definition) is 2. The molecule has 0 aromatic carbocycles. The summed E-state index contributed by atoms with van der Waals surface area (Å²) in [4.78, 5) is 11.3. The first-order valence-electron chi connectivity index (χ1n) is 5.97. The van der Waals surface area contributed by atoms with E-state index in [4.69, 9.17) is 0 Å². The number of nitrogens with one attached hydrogen (secondary N) is 1. The second kappa shape index (κ2) is 3.78. The molecule has 1 aliphatic heterocycles. The van der Waals surface area contributed by atoms with Crippen LogP contribution in [0.5, 0.6) is 0 Å². The van der Waals surface area contributed by atoms with Crippen LogP contribution >= 0.6 is 0 Å². The number of rotatable bonds is 2. The Kier molecular flexibility index (Phi) is 2.75. The van der Waals surface area contributed by atoms with Crippen LogP contribution in [0.25, 0.3) is 0 Å². The van der Waals surface area contributed by atoms with Crippen molar-refractivity contribution < 1.29 is 9.90 Å². The van der Waals surface area contributed by atoms with E-state index in [1.54, 1.807) is 0 Å². The molecule has 2 atom stereocenters. The van der Waals surface area contributed by atoms with Crippen LogP contribution in [-0.4, -0.2) is 24.2 Å². The van der Waals surface area contributed by atoms with Crippen LogP contribution in [0.2, 0.25) is 0 Å². The van der Waals surface area contributed by atoms with Crippen molar-refractivity contribution in [2.45, 2.75) is 33.1 Å². The average Bonchev–Trinajstić information content (AvgIpc) is 2.16. The SMILES string of the molecule is CC(C)(C(=O)O)C1C2CCCC1CNC2. The maximum absolute atomic E-state index is 11.3. The van der Waals surface area contributed by atoms with Crippen molar-refractivity contribution in [3.05, 3.63) is 0 Å². The summed E-state index contributed by atoms with van der Waals surface area (Å²) in [5.41, 5.74) is -0.558. The van der Waals surface area contributed by atoms with Gasteiger partial charge in [0, 0.05) is 0 Å². The molecular formula is C12H21NO2. The van der Waals surface area contributed by atoms with Gasteiger partial charge in [-0.25, -0.2) is 0 Å². The van der Waals surface area contributed by atoms with E-state index in [0.29, 0.717) is 17.8 Å². The maximum atomic E-state index is 11.3. The van der Waals surface area contributed by atoms with Gasteiger partial charge in [-0.2, -0.15) is 0 Å². The molecule has 0 amide bonds. The Balaban J connectivity index is 2.22. The topological polar surface area (TPSA) is 49.3 Å². The zero-order chi connectivity index (χ0) is 11.1. The van der Waals surface area contributed by atoms with Crippen LogP contribution in [0.15, 0.2) is 0 Å². The van der Waals surface area contributed by atoms with Crippen molar-refractivity contribution in [1.82, 2.24) is 5.32 Å². The quantitative estimate of drug-likeness (QED) is 0.731. The van der Waals surface area contributed by atoms with Crippen molar-refractivity contribution in [3.63, 3.8) is 0 Å². The fraction of sp³-hybridized carbons (Fsp3) is 0.917. The summed E-state index contributed by atoms with van der Waals surface area (Å²) >= 11 is 0. The van der Waals surface area contributed by atoms with E-state index in [1.165, 1.54) is 19.3 Å². The normalized spacial score (nSPS) is 36.3. The highest BCUT2D eigenvalue weighted by molar-refractivity contribution is 5.74. The number of carbonyl (C=O) groups is 1. The second-order valence-electron chi connectivity index (χ2n) is 5.66. The van der Waals surface area contributed by atoms with Gasteiger partial charge >= 0.3 is 5.97 Å². The molecule has 2 N–H and O–H groups in total. The lowest BCUT2D eigenvalue weighted by molar-refractivity contribution is -0.155. The number of piperidine rings is 1. The molecule has 3 nitrogen and oxygen atoms in total. The third-order valence-electron chi connectivity index (χ3n) is 4.36. The monoisotopic (exact) mass is 211 g/mol. The smallest absolute Gasteiger partial charge is 0.309 e. The number of hydrogen-bond acceptors (Lipinski definition) is 2. The summed E-state index contributed by atoms with van der Waals surface area (Å²) in [6, 6.07) is 0. The lowest BCUT2D eigenvalue weighted by Gasteiger charge is -2.48. The molecule has 86 valence electrons. The minimum absolute atomic E-state index is 0.366. The van der Waals surface area contributed by atoms with Gasteiger partial charge in [-0.05, 0) is 57.5 Å². The number of fused-ring (bicyclic) bond motifs is 2. The van der Waals surface area contributed by atoms with Gasteiger partial charge in [0.05, 0.1) is 5.41 Å². The number of carboxylic acids is 1. The molecule has 2 fully saturated rings. The third kappa shape index (κ3) is 1.78. The van der Waals surface area contributed by atoms with E-state index in [2.05, 4.69) is 5.32 Å². The molecule has 0 aromatic rings. The van der Waals surface area contributed by atoms with Gasteiger partial charge in [-0.1, -0.05) is 6.42 Å². The first-order chi connectivity index (χ1) is 7.03. The summed E-state index contributed by atoms with van der Waals surface area (Å²) in [6.45, 7) is 5.82. The average molecular weight is 211 g/mol. The molecule has 1 saturated heterocycles. The highest BCUT2D eigenvalue weighted by atomic mass is 16.4. The molecule has 2 unspecified atom stereocenters. The molecule has 2 aliphatic rings. The van der Waals surface area contributed by atoms with Gasteiger partial charge in [-0.15, -0.1) is 0 Å². The highest BCUT2D eigenvalue weighted by Crippen LogP contribution is 2.46. The van der Waals surface area contributed by atoms with Crippen LogP contribution in [0.3, 0.4) is 0 Å². The molecular weight excluding hydrogens is 190 g/mol. The standard InChI is InChI=1S/C12H21NO2/c1-12(2,11(14)15)10-8-4-3-5-9(10)7-13-6-8/h8-10,13H,3-7H2,1-2H3,(H,14,15). The highest BCUT2D eigenvalue weighted by Gasteiger charge is 2.48. The van der Waals surface area contributed by atoms with Gasteiger partial charge in [0.2, 0.25) is 0 Å². The van der Waals surface area contributed by atoms with E-state index >= 15 is 0 Å². The zero-order valence-electron chi connectivity index (χ0n) is 9.62. The van der Waals surface area contributed by atoms with Crippen molar-refractivity contribution in [1.29, 1.82) is 0 Å². The Labute approximate surface area is 91.2 Å². The summed E-state index contributed by atoms with van der Waals surface area (Å²) in [6.07, 6.45) is 3.68. The molecule has 1 heterocycles. The summed E-state index contributed by atoms with van der Waals surface area (Å²) in [5.74, 6) is 0.878. The summed E-state index contributed by atoms with van der Waals surface area (Å²) in [5, 5.41) is 12.8. The Hall–Kier alpha value is -0.570. The van der Waals surface area contributed by atoms with Gasteiger partial charge in [0.25, 0.3) is 0 Å². The van der Waals surface area contributed by atoms with Gasteiger partial charge in [0.15, 0.2) is 0 Å². The predicted molar refractivity (Wildman–Crippen MR) is 58.6 cm³/mol. The van der Waals surface area contributed by atoms with Gasteiger partial charge in [-0.3, -0.25) is 4.79 Å². The summed E-state index contributed by atoms with van der Waals surface area (Å²) < 4.78 is 0. The Morgan fingerprint density at radius 1 is 1.27 bits per heavy atom. The zero-order valence-corrected chi connectivity index (χ0v) is 9.62. The molecule has 2 bridgehead atoms. The van der Waals surface area contributed by atoms with Crippen molar-refractivity contribution in [2.24, 2.45) is 23.2 Å². The number of carboxylic acid groups (broad SMARTS) is 1. The maximum Gasteiger partial charge on any atom is 0.309 e. The van der Waals surface area contributed by atoms with E-state index in [9.17, 15) is 9.90 Å². The first-order valence-corrected chi connectivity index (χ1v) is 5.97. The Morgan fingerprint density at radius 2 is 1.80 bits per heavy atom. The first kappa shape index (κ1) is 10.9. The van der Waals surface area contributed by atoms with Crippen LogP contribution in [-0.2, 0) is 4.79 Å². The van der Waals surface area contributed by atoms with Crippen molar-refractivity contribution in [2.75, 3.05) is 13.1 Å². The Bertz CT molecular complexity index is 240.